The maximum absolute atomic E-state index is 11.8. The highest BCUT2D eigenvalue weighted by Gasteiger charge is 2.21. The molecule has 0 radical (unpaired) electrons. The van der Waals surface area contributed by atoms with Gasteiger partial charge in [-0.3, -0.25) is 14.6 Å². The van der Waals surface area contributed by atoms with Crippen molar-refractivity contribution in [2.45, 2.75) is 13.5 Å². The Labute approximate surface area is 153 Å². The summed E-state index contributed by atoms with van der Waals surface area (Å²) in [5.41, 5.74) is 2.13. The molecule has 2 aromatic rings. The Hall–Kier alpha value is -2.51. The van der Waals surface area contributed by atoms with Gasteiger partial charge in [-0.2, -0.15) is 4.98 Å². The molecular formula is C19H25N5O2. The zero-order valence-corrected chi connectivity index (χ0v) is 15.1. The van der Waals surface area contributed by atoms with Gasteiger partial charge in [0, 0.05) is 38.3 Å². The Bertz CT molecular complexity index is 750. The fourth-order valence-corrected chi connectivity index (χ4v) is 2.99. The molecule has 0 unspecified atom stereocenters. The first-order valence-electron chi connectivity index (χ1n) is 8.86. The normalized spacial score (nSPS) is 15.7. The number of piperazine rings is 1. The van der Waals surface area contributed by atoms with Gasteiger partial charge in [-0.1, -0.05) is 35.5 Å². The van der Waals surface area contributed by atoms with E-state index in [1.54, 1.807) is 6.08 Å². The third-order valence-corrected chi connectivity index (χ3v) is 4.49. The molecular weight excluding hydrogens is 330 g/mol. The monoisotopic (exact) mass is 355 g/mol. The lowest BCUT2D eigenvalue weighted by molar-refractivity contribution is -0.122. The van der Waals surface area contributed by atoms with Crippen LogP contribution in [0.2, 0.25) is 0 Å². The summed E-state index contributed by atoms with van der Waals surface area (Å²) in [6.45, 7) is 10.7. The highest BCUT2D eigenvalue weighted by molar-refractivity contribution is 5.78. The summed E-state index contributed by atoms with van der Waals surface area (Å²) in [5, 5.41) is 6.92. The molecule has 0 spiro atoms. The van der Waals surface area contributed by atoms with E-state index >= 15 is 0 Å². The average molecular weight is 355 g/mol. The van der Waals surface area contributed by atoms with Crippen LogP contribution in [0.25, 0.3) is 11.4 Å². The lowest BCUT2D eigenvalue weighted by atomic mass is 10.1. The second kappa shape index (κ2) is 8.73. The first-order chi connectivity index (χ1) is 12.7. The molecule has 1 aliphatic heterocycles. The molecule has 1 N–H and O–H groups in total. The minimum absolute atomic E-state index is 0.0399. The summed E-state index contributed by atoms with van der Waals surface area (Å²) in [6, 6.07) is 8.01. The summed E-state index contributed by atoms with van der Waals surface area (Å²) < 4.78 is 5.42. The number of aromatic nitrogens is 2. The zero-order chi connectivity index (χ0) is 18.4. The lowest BCUT2D eigenvalue weighted by Crippen LogP contribution is -2.49. The third kappa shape index (κ3) is 4.77. The van der Waals surface area contributed by atoms with E-state index in [2.05, 4.69) is 31.8 Å². The number of nitrogens with one attached hydrogen (secondary N) is 1. The number of rotatable bonds is 7. The number of carbonyl (C=O) groups is 1. The molecule has 0 bridgehead atoms. The molecule has 1 saturated heterocycles. The molecule has 0 atom stereocenters. The van der Waals surface area contributed by atoms with Gasteiger partial charge < -0.3 is 9.84 Å². The van der Waals surface area contributed by atoms with Crippen molar-refractivity contribution in [3.05, 3.63) is 48.4 Å². The van der Waals surface area contributed by atoms with Gasteiger partial charge in [-0.25, -0.2) is 0 Å². The van der Waals surface area contributed by atoms with E-state index in [1.807, 2.05) is 31.2 Å². The van der Waals surface area contributed by atoms with E-state index < -0.39 is 0 Å². The second-order valence-electron chi connectivity index (χ2n) is 6.47. The summed E-state index contributed by atoms with van der Waals surface area (Å²) in [4.78, 5) is 20.7. The molecule has 2 heterocycles. The van der Waals surface area contributed by atoms with Crippen molar-refractivity contribution >= 4 is 5.91 Å². The molecule has 3 rings (SSSR count). The van der Waals surface area contributed by atoms with E-state index in [0.29, 0.717) is 31.3 Å². The van der Waals surface area contributed by atoms with E-state index in [9.17, 15) is 4.79 Å². The van der Waals surface area contributed by atoms with Crippen molar-refractivity contribution in [3.63, 3.8) is 0 Å². The number of nitrogens with zero attached hydrogens (tertiary/aromatic N) is 4. The van der Waals surface area contributed by atoms with Gasteiger partial charge in [0.25, 0.3) is 0 Å². The number of amides is 1. The second-order valence-corrected chi connectivity index (χ2v) is 6.47. The van der Waals surface area contributed by atoms with E-state index in [4.69, 9.17) is 4.52 Å². The van der Waals surface area contributed by atoms with Crippen LogP contribution in [-0.2, 0) is 11.3 Å². The fraction of sp³-hybridized carbons (Fsp3) is 0.421. The number of benzene rings is 1. The predicted octanol–water partition coefficient (Wildman–Crippen LogP) is 1.46. The van der Waals surface area contributed by atoms with Crippen molar-refractivity contribution in [2.75, 3.05) is 39.3 Å². The van der Waals surface area contributed by atoms with Crippen LogP contribution in [0.3, 0.4) is 0 Å². The van der Waals surface area contributed by atoms with E-state index in [-0.39, 0.29) is 5.91 Å². The SMILES string of the molecule is C=CCNC(=O)CN1CCN(Cc2nc(-c3ccccc3C)no2)CC1. The van der Waals surface area contributed by atoms with Gasteiger partial charge in [0.05, 0.1) is 13.1 Å². The van der Waals surface area contributed by atoms with Crippen molar-refractivity contribution in [3.8, 4) is 11.4 Å². The van der Waals surface area contributed by atoms with E-state index in [1.165, 1.54) is 0 Å². The Morgan fingerprint density at radius 2 is 2.00 bits per heavy atom. The standard InChI is InChI=1S/C19H25N5O2/c1-3-8-20-17(25)13-23-9-11-24(12-10-23)14-18-21-19(22-26-18)16-7-5-4-6-15(16)2/h3-7H,1,8-14H2,2H3,(H,20,25). The van der Waals surface area contributed by atoms with Gasteiger partial charge in [-0.15, -0.1) is 6.58 Å². The highest BCUT2D eigenvalue weighted by Crippen LogP contribution is 2.20. The quantitative estimate of drug-likeness (QED) is 0.758. The summed E-state index contributed by atoms with van der Waals surface area (Å²) in [5.74, 6) is 1.30. The number of carbonyl (C=O) groups excluding carboxylic acids is 1. The van der Waals surface area contributed by atoms with E-state index in [0.717, 1.165) is 37.3 Å². The zero-order valence-electron chi connectivity index (χ0n) is 15.1. The first kappa shape index (κ1) is 18.3. The Balaban J connectivity index is 1.49. The van der Waals surface area contributed by atoms with Crippen LogP contribution < -0.4 is 5.32 Å². The minimum atomic E-state index is 0.0399. The maximum atomic E-state index is 11.8. The van der Waals surface area contributed by atoms with Crippen LogP contribution in [-0.4, -0.2) is 65.1 Å². The van der Waals surface area contributed by atoms with Gasteiger partial charge >= 0.3 is 0 Å². The third-order valence-electron chi connectivity index (χ3n) is 4.49. The lowest BCUT2D eigenvalue weighted by Gasteiger charge is -2.33. The smallest absolute Gasteiger partial charge is 0.241 e. The van der Waals surface area contributed by atoms with Crippen molar-refractivity contribution in [1.82, 2.24) is 25.3 Å². The molecule has 138 valence electrons. The van der Waals surface area contributed by atoms with Gasteiger partial charge in [0.2, 0.25) is 17.6 Å². The molecule has 1 fully saturated rings. The molecule has 0 saturated carbocycles. The average Bonchev–Trinajstić information content (AvgIpc) is 3.10. The number of hydrogen-bond donors (Lipinski definition) is 1. The summed E-state index contributed by atoms with van der Waals surface area (Å²) in [6.07, 6.45) is 1.69. The fourth-order valence-electron chi connectivity index (χ4n) is 2.99. The van der Waals surface area contributed by atoms with Crippen LogP contribution in [0.5, 0.6) is 0 Å². The molecule has 1 amide bonds. The van der Waals surface area contributed by atoms with Crippen molar-refractivity contribution < 1.29 is 9.32 Å². The largest absolute Gasteiger partial charge is 0.352 e. The topological polar surface area (TPSA) is 74.5 Å². The van der Waals surface area contributed by atoms with Gasteiger partial charge in [0.15, 0.2) is 0 Å². The number of hydrogen-bond acceptors (Lipinski definition) is 6. The van der Waals surface area contributed by atoms with Crippen molar-refractivity contribution in [2.24, 2.45) is 0 Å². The van der Waals surface area contributed by atoms with Crippen LogP contribution in [0.15, 0.2) is 41.4 Å². The van der Waals surface area contributed by atoms with Crippen LogP contribution in [0.1, 0.15) is 11.5 Å². The maximum Gasteiger partial charge on any atom is 0.241 e. The van der Waals surface area contributed by atoms with Crippen LogP contribution >= 0.6 is 0 Å². The molecule has 1 aliphatic rings. The molecule has 26 heavy (non-hydrogen) atoms. The Kier molecular flexibility index (Phi) is 6.14. The van der Waals surface area contributed by atoms with Crippen LogP contribution in [0.4, 0.5) is 0 Å². The number of aryl methyl sites for hydroxylation is 1. The van der Waals surface area contributed by atoms with Crippen molar-refractivity contribution in [1.29, 1.82) is 0 Å². The minimum Gasteiger partial charge on any atom is -0.352 e. The van der Waals surface area contributed by atoms with Gasteiger partial charge in [0.1, 0.15) is 0 Å². The summed E-state index contributed by atoms with van der Waals surface area (Å²) >= 11 is 0. The molecule has 7 nitrogen and oxygen atoms in total. The molecule has 0 aliphatic carbocycles. The van der Waals surface area contributed by atoms with Gasteiger partial charge in [-0.05, 0) is 12.5 Å². The molecule has 7 heteroatoms. The molecule has 1 aromatic carbocycles. The van der Waals surface area contributed by atoms with Crippen LogP contribution in [0, 0.1) is 6.92 Å². The first-order valence-corrected chi connectivity index (χ1v) is 8.86. The Morgan fingerprint density at radius 3 is 2.73 bits per heavy atom. The Morgan fingerprint density at radius 1 is 1.27 bits per heavy atom. The highest BCUT2D eigenvalue weighted by atomic mass is 16.5. The summed E-state index contributed by atoms with van der Waals surface area (Å²) in [7, 11) is 0. The predicted molar refractivity (Wildman–Crippen MR) is 99.4 cm³/mol. The molecule has 1 aromatic heterocycles.